The van der Waals surface area contributed by atoms with Crippen LogP contribution < -0.4 is 16.1 Å². The van der Waals surface area contributed by atoms with Crippen molar-refractivity contribution >= 4 is 5.82 Å². The minimum atomic E-state index is -4.34. The van der Waals surface area contributed by atoms with Gasteiger partial charge in [0.15, 0.2) is 5.56 Å². The summed E-state index contributed by atoms with van der Waals surface area (Å²) in [6, 6.07) is 1.71. The molecule has 6 nitrogen and oxygen atoms in total. The van der Waals surface area contributed by atoms with Crippen LogP contribution in [0.5, 0.6) is 0 Å². The van der Waals surface area contributed by atoms with Crippen LogP contribution in [0, 0.1) is 17.2 Å². The van der Waals surface area contributed by atoms with Gasteiger partial charge < -0.3 is 4.90 Å². The molecule has 22 heavy (non-hydrogen) atoms. The van der Waals surface area contributed by atoms with E-state index in [-0.39, 0.29) is 37.3 Å². The average Bonchev–Trinajstić information content (AvgIpc) is 2.47. The molecule has 1 aliphatic rings. The van der Waals surface area contributed by atoms with Gasteiger partial charge in [0.25, 0.3) is 5.56 Å². The van der Waals surface area contributed by atoms with Gasteiger partial charge in [0.1, 0.15) is 11.9 Å². The molecule has 9 heteroatoms. The molecule has 1 aromatic heterocycles. The number of rotatable bonds is 1. The molecule has 0 saturated carbocycles. The molecule has 2 heterocycles. The summed E-state index contributed by atoms with van der Waals surface area (Å²) in [5.41, 5.74) is -1.78. The summed E-state index contributed by atoms with van der Waals surface area (Å²) in [5.74, 6) is -1.57. The zero-order valence-electron chi connectivity index (χ0n) is 12.1. The van der Waals surface area contributed by atoms with Crippen LogP contribution in [0.25, 0.3) is 0 Å². The van der Waals surface area contributed by atoms with Crippen LogP contribution in [0.4, 0.5) is 19.0 Å². The van der Waals surface area contributed by atoms with E-state index < -0.39 is 23.3 Å². The fourth-order valence-electron chi connectivity index (χ4n) is 2.74. The predicted molar refractivity (Wildman–Crippen MR) is 72.6 cm³/mol. The maximum absolute atomic E-state index is 12.9. The Morgan fingerprint density at radius 3 is 2.41 bits per heavy atom. The van der Waals surface area contributed by atoms with E-state index in [0.717, 1.165) is 9.13 Å². The quantitative estimate of drug-likeness (QED) is 0.766. The van der Waals surface area contributed by atoms with E-state index in [0.29, 0.717) is 0 Å². The molecule has 1 aromatic rings. The zero-order chi connectivity index (χ0) is 16.7. The predicted octanol–water partition coefficient (Wildman–Crippen LogP) is 0.734. The van der Waals surface area contributed by atoms with Crippen LogP contribution >= 0.6 is 0 Å². The Kier molecular flexibility index (Phi) is 4.04. The third-order valence-electron chi connectivity index (χ3n) is 3.93. The standard InChI is InChI=1S/C13H15F3N4O2/c1-18-10(9(6-17)11(21)19(2)12(18)22)20-5-3-4-8(7-20)13(14,15)16/h8H,3-5,7H2,1-2H3. The van der Waals surface area contributed by atoms with Crippen molar-refractivity contribution in [1.29, 1.82) is 5.26 Å². The third-order valence-corrected chi connectivity index (χ3v) is 3.93. The second kappa shape index (κ2) is 5.51. The summed E-state index contributed by atoms with van der Waals surface area (Å²) in [6.07, 6.45) is -4.07. The third kappa shape index (κ3) is 2.61. The lowest BCUT2D eigenvalue weighted by Gasteiger charge is -2.36. The van der Waals surface area contributed by atoms with Gasteiger partial charge in [-0.25, -0.2) is 4.79 Å². The SMILES string of the molecule is Cn1c(N2CCCC(C(F)(F)F)C2)c(C#N)c(=O)n(C)c1=O. The van der Waals surface area contributed by atoms with Crippen molar-refractivity contribution in [3.05, 3.63) is 26.4 Å². The molecule has 0 bridgehead atoms. The molecule has 1 fully saturated rings. The Morgan fingerprint density at radius 1 is 1.23 bits per heavy atom. The monoisotopic (exact) mass is 316 g/mol. The van der Waals surface area contributed by atoms with Gasteiger partial charge in [0.05, 0.1) is 5.92 Å². The van der Waals surface area contributed by atoms with Crippen molar-refractivity contribution in [2.75, 3.05) is 18.0 Å². The first kappa shape index (κ1) is 16.1. The highest BCUT2D eigenvalue weighted by molar-refractivity contribution is 5.53. The van der Waals surface area contributed by atoms with Gasteiger partial charge in [0, 0.05) is 27.2 Å². The molecular weight excluding hydrogens is 301 g/mol. The molecule has 0 amide bonds. The van der Waals surface area contributed by atoms with E-state index in [9.17, 15) is 22.8 Å². The minimum absolute atomic E-state index is 0.000671. The molecule has 1 unspecified atom stereocenters. The van der Waals surface area contributed by atoms with Crippen LogP contribution in [0.3, 0.4) is 0 Å². The Morgan fingerprint density at radius 2 is 1.86 bits per heavy atom. The van der Waals surface area contributed by atoms with Crippen molar-refractivity contribution in [2.24, 2.45) is 20.0 Å². The van der Waals surface area contributed by atoms with Crippen molar-refractivity contribution in [3.8, 4) is 6.07 Å². The first-order valence-electron chi connectivity index (χ1n) is 6.70. The molecule has 0 aromatic carbocycles. The fraction of sp³-hybridized carbons (Fsp3) is 0.615. The van der Waals surface area contributed by atoms with Gasteiger partial charge >= 0.3 is 11.9 Å². The summed E-state index contributed by atoms with van der Waals surface area (Å²) in [5, 5.41) is 9.17. The molecule has 0 aliphatic carbocycles. The molecule has 1 saturated heterocycles. The highest BCUT2D eigenvalue weighted by Gasteiger charge is 2.42. The highest BCUT2D eigenvalue weighted by Crippen LogP contribution is 2.34. The first-order chi connectivity index (χ1) is 10.2. The number of nitriles is 1. The maximum Gasteiger partial charge on any atom is 0.393 e. The maximum atomic E-state index is 12.9. The van der Waals surface area contributed by atoms with Crippen LogP contribution in [-0.2, 0) is 14.1 Å². The number of halogens is 3. The molecule has 120 valence electrons. The highest BCUT2D eigenvalue weighted by atomic mass is 19.4. The number of hydrogen-bond acceptors (Lipinski definition) is 4. The summed E-state index contributed by atoms with van der Waals surface area (Å²) >= 11 is 0. The lowest BCUT2D eigenvalue weighted by Crippen LogP contribution is -2.47. The van der Waals surface area contributed by atoms with E-state index in [2.05, 4.69) is 0 Å². The van der Waals surface area contributed by atoms with Crippen molar-refractivity contribution < 1.29 is 13.2 Å². The number of nitrogens with zero attached hydrogens (tertiary/aromatic N) is 4. The van der Waals surface area contributed by atoms with E-state index >= 15 is 0 Å². The van der Waals surface area contributed by atoms with E-state index in [4.69, 9.17) is 5.26 Å². The average molecular weight is 316 g/mol. The summed E-state index contributed by atoms with van der Waals surface area (Å²) in [6.45, 7) is -0.0969. The van der Waals surface area contributed by atoms with Crippen LogP contribution in [0.15, 0.2) is 9.59 Å². The zero-order valence-corrected chi connectivity index (χ0v) is 12.1. The van der Waals surface area contributed by atoms with E-state index in [1.54, 1.807) is 6.07 Å². The summed E-state index contributed by atoms with van der Waals surface area (Å²) in [7, 11) is 2.57. The Bertz CT molecular complexity index is 742. The van der Waals surface area contributed by atoms with Gasteiger partial charge in [-0.2, -0.15) is 18.4 Å². The van der Waals surface area contributed by atoms with Crippen LogP contribution in [0.1, 0.15) is 18.4 Å². The lowest BCUT2D eigenvalue weighted by atomic mass is 9.97. The van der Waals surface area contributed by atoms with E-state index in [1.807, 2.05) is 0 Å². The molecular formula is C13H15F3N4O2. The number of anilines is 1. The molecule has 0 spiro atoms. The van der Waals surface area contributed by atoms with Crippen LogP contribution in [-0.4, -0.2) is 28.4 Å². The second-order valence-corrected chi connectivity index (χ2v) is 5.34. The van der Waals surface area contributed by atoms with Crippen LogP contribution in [0.2, 0.25) is 0 Å². The van der Waals surface area contributed by atoms with E-state index in [1.165, 1.54) is 19.0 Å². The van der Waals surface area contributed by atoms with Gasteiger partial charge in [-0.1, -0.05) is 0 Å². The Balaban J connectivity index is 2.56. The number of alkyl halides is 3. The number of aromatic nitrogens is 2. The summed E-state index contributed by atoms with van der Waals surface area (Å²) in [4.78, 5) is 25.3. The molecule has 0 N–H and O–H groups in total. The fourth-order valence-corrected chi connectivity index (χ4v) is 2.74. The number of piperidine rings is 1. The Hall–Kier alpha value is -2.24. The molecule has 1 atom stereocenters. The number of hydrogen-bond donors (Lipinski definition) is 0. The normalized spacial score (nSPS) is 19.1. The topological polar surface area (TPSA) is 71.0 Å². The summed E-state index contributed by atoms with van der Waals surface area (Å²) < 4.78 is 40.6. The van der Waals surface area contributed by atoms with Gasteiger partial charge in [-0.3, -0.25) is 13.9 Å². The molecule has 1 aliphatic heterocycles. The molecule has 0 radical (unpaired) electrons. The van der Waals surface area contributed by atoms with Gasteiger partial charge in [0.2, 0.25) is 0 Å². The van der Waals surface area contributed by atoms with Crippen molar-refractivity contribution in [1.82, 2.24) is 9.13 Å². The van der Waals surface area contributed by atoms with Gasteiger partial charge in [-0.05, 0) is 12.8 Å². The molecule has 2 rings (SSSR count). The second-order valence-electron chi connectivity index (χ2n) is 5.34. The smallest absolute Gasteiger partial charge is 0.356 e. The Labute approximate surface area is 124 Å². The minimum Gasteiger partial charge on any atom is -0.356 e. The van der Waals surface area contributed by atoms with Crippen molar-refractivity contribution in [3.63, 3.8) is 0 Å². The lowest BCUT2D eigenvalue weighted by molar-refractivity contribution is -0.176. The van der Waals surface area contributed by atoms with Gasteiger partial charge in [-0.15, -0.1) is 0 Å². The largest absolute Gasteiger partial charge is 0.393 e. The first-order valence-corrected chi connectivity index (χ1v) is 6.70. The van der Waals surface area contributed by atoms with Crippen molar-refractivity contribution in [2.45, 2.75) is 19.0 Å².